The second-order valence-electron chi connectivity index (χ2n) is 6.47. The SMILES string of the molecule is COc1cccc(/C=N\NC(=O)CN(c2ccccc2F)S(=O)(=O)c2ccccc2)c1O. The third-order valence-electron chi connectivity index (χ3n) is 4.38. The third kappa shape index (κ3) is 5.03. The van der Waals surface area contributed by atoms with E-state index in [4.69, 9.17) is 4.74 Å². The molecule has 32 heavy (non-hydrogen) atoms. The van der Waals surface area contributed by atoms with E-state index in [9.17, 15) is 22.7 Å². The Morgan fingerprint density at radius 3 is 2.47 bits per heavy atom. The zero-order valence-electron chi connectivity index (χ0n) is 17.0. The molecular formula is C22H20FN3O5S. The topological polar surface area (TPSA) is 108 Å². The number of hydrogen-bond acceptors (Lipinski definition) is 6. The Balaban J connectivity index is 1.84. The van der Waals surface area contributed by atoms with E-state index in [1.54, 1.807) is 24.3 Å². The second kappa shape index (κ2) is 9.92. The summed E-state index contributed by atoms with van der Waals surface area (Å²) in [6, 6.07) is 17.3. The van der Waals surface area contributed by atoms with Gasteiger partial charge in [0.25, 0.3) is 15.9 Å². The van der Waals surface area contributed by atoms with Crippen LogP contribution in [0.15, 0.2) is 82.8 Å². The van der Waals surface area contributed by atoms with Crippen LogP contribution in [-0.4, -0.2) is 39.3 Å². The molecule has 0 spiro atoms. The number of hydrogen-bond donors (Lipinski definition) is 2. The zero-order valence-corrected chi connectivity index (χ0v) is 17.8. The summed E-state index contributed by atoms with van der Waals surface area (Å²) in [6.45, 7) is -0.723. The number of ether oxygens (including phenoxy) is 1. The first-order valence-electron chi connectivity index (χ1n) is 9.35. The number of phenols is 1. The standard InChI is InChI=1S/C22H20FN3O5S/c1-31-20-13-7-8-16(22(20)28)14-24-25-21(27)15-26(19-12-6-5-11-18(19)23)32(29,30)17-9-3-2-4-10-17/h2-14,28H,15H2,1H3,(H,25,27)/b24-14-. The van der Waals surface area contributed by atoms with Crippen LogP contribution < -0.4 is 14.5 Å². The molecule has 166 valence electrons. The maximum absolute atomic E-state index is 14.4. The largest absolute Gasteiger partial charge is 0.504 e. The van der Waals surface area contributed by atoms with Crippen molar-refractivity contribution >= 4 is 27.8 Å². The lowest BCUT2D eigenvalue weighted by Gasteiger charge is -2.24. The molecule has 2 N–H and O–H groups in total. The summed E-state index contributed by atoms with van der Waals surface area (Å²) in [6.07, 6.45) is 1.18. The average molecular weight is 457 g/mol. The van der Waals surface area contributed by atoms with Gasteiger partial charge in [-0.2, -0.15) is 5.10 Å². The number of nitrogens with zero attached hydrogens (tertiary/aromatic N) is 2. The molecule has 0 aliphatic heterocycles. The van der Waals surface area contributed by atoms with E-state index in [-0.39, 0.29) is 27.6 Å². The van der Waals surface area contributed by atoms with Crippen molar-refractivity contribution in [2.45, 2.75) is 4.90 Å². The normalized spacial score (nSPS) is 11.3. The Kier molecular flexibility index (Phi) is 7.06. The van der Waals surface area contributed by atoms with Crippen LogP contribution in [0.25, 0.3) is 0 Å². The summed E-state index contributed by atoms with van der Waals surface area (Å²) in [7, 11) is -2.85. The number of rotatable bonds is 8. The van der Waals surface area contributed by atoms with Crippen LogP contribution in [0.4, 0.5) is 10.1 Å². The molecule has 0 aliphatic carbocycles. The van der Waals surface area contributed by atoms with Crippen molar-refractivity contribution in [2.24, 2.45) is 5.10 Å². The Hall–Kier alpha value is -3.92. The molecule has 0 atom stereocenters. The van der Waals surface area contributed by atoms with Gasteiger partial charge in [0.05, 0.1) is 23.9 Å². The second-order valence-corrected chi connectivity index (χ2v) is 8.33. The summed E-state index contributed by atoms with van der Waals surface area (Å²) < 4.78 is 46.3. The number of anilines is 1. The lowest BCUT2D eigenvalue weighted by Crippen LogP contribution is -2.40. The number of methoxy groups -OCH3 is 1. The predicted octanol–water partition coefficient (Wildman–Crippen LogP) is 2.89. The van der Waals surface area contributed by atoms with Gasteiger partial charge in [-0.25, -0.2) is 18.2 Å². The Labute approximate surface area is 184 Å². The molecule has 0 aromatic heterocycles. The number of para-hydroxylation sites is 2. The molecule has 3 rings (SSSR count). The maximum Gasteiger partial charge on any atom is 0.264 e. The molecular weight excluding hydrogens is 437 g/mol. The van der Waals surface area contributed by atoms with Gasteiger partial charge in [-0.1, -0.05) is 36.4 Å². The van der Waals surface area contributed by atoms with Crippen molar-refractivity contribution in [1.29, 1.82) is 0 Å². The van der Waals surface area contributed by atoms with Crippen LogP contribution in [0.5, 0.6) is 11.5 Å². The van der Waals surface area contributed by atoms with Crippen LogP contribution in [0.3, 0.4) is 0 Å². The zero-order chi connectivity index (χ0) is 23.1. The van der Waals surface area contributed by atoms with Crippen molar-refractivity contribution < 1.29 is 27.4 Å². The fourth-order valence-electron chi connectivity index (χ4n) is 2.82. The number of phenolic OH excluding ortho intramolecular Hbond substituents is 1. The molecule has 0 fully saturated rings. The van der Waals surface area contributed by atoms with Gasteiger partial charge in [0, 0.05) is 5.56 Å². The van der Waals surface area contributed by atoms with Gasteiger partial charge in [0.1, 0.15) is 12.4 Å². The minimum absolute atomic E-state index is 0.0964. The fourth-order valence-corrected chi connectivity index (χ4v) is 4.27. The number of hydrazone groups is 1. The molecule has 10 heteroatoms. The van der Waals surface area contributed by atoms with Crippen molar-refractivity contribution in [3.63, 3.8) is 0 Å². The summed E-state index contributed by atoms with van der Waals surface area (Å²) in [5.74, 6) is -1.57. The maximum atomic E-state index is 14.4. The highest BCUT2D eigenvalue weighted by atomic mass is 32.2. The molecule has 0 heterocycles. The Bertz CT molecular complexity index is 1230. The van der Waals surface area contributed by atoms with E-state index in [2.05, 4.69) is 10.5 Å². The number of amides is 1. The van der Waals surface area contributed by atoms with E-state index in [1.165, 1.54) is 55.8 Å². The first kappa shape index (κ1) is 22.8. The van der Waals surface area contributed by atoms with Crippen LogP contribution >= 0.6 is 0 Å². The van der Waals surface area contributed by atoms with Crippen LogP contribution in [0.2, 0.25) is 0 Å². The molecule has 0 aliphatic rings. The number of halogens is 1. The highest BCUT2D eigenvalue weighted by molar-refractivity contribution is 7.92. The van der Waals surface area contributed by atoms with Crippen molar-refractivity contribution in [2.75, 3.05) is 18.0 Å². The molecule has 0 radical (unpaired) electrons. The number of nitrogens with one attached hydrogen (secondary N) is 1. The molecule has 3 aromatic rings. The summed E-state index contributed by atoms with van der Waals surface area (Å²) in [5.41, 5.74) is 2.18. The Morgan fingerprint density at radius 2 is 1.78 bits per heavy atom. The van der Waals surface area contributed by atoms with Crippen molar-refractivity contribution in [3.8, 4) is 11.5 Å². The highest BCUT2D eigenvalue weighted by Crippen LogP contribution is 2.28. The van der Waals surface area contributed by atoms with Crippen LogP contribution in [-0.2, 0) is 14.8 Å². The van der Waals surface area contributed by atoms with Gasteiger partial charge in [-0.15, -0.1) is 0 Å². The van der Waals surface area contributed by atoms with Crippen LogP contribution in [0, 0.1) is 5.82 Å². The minimum Gasteiger partial charge on any atom is -0.504 e. The van der Waals surface area contributed by atoms with Gasteiger partial charge in [0.15, 0.2) is 11.5 Å². The Morgan fingerprint density at radius 1 is 1.09 bits per heavy atom. The molecule has 3 aromatic carbocycles. The summed E-state index contributed by atoms with van der Waals surface area (Å²) >= 11 is 0. The van der Waals surface area contributed by atoms with Crippen LogP contribution in [0.1, 0.15) is 5.56 Å². The lowest BCUT2D eigenvalue weighted by molar-refractivity contribution is -0.119. The molecule has 0 bridgehead atoms. The molecule has 8 nitrogen and oxygen atoms in total. The number of benzene rings is 3. The smallest absolute Gasteiger partial charge is 0.264 e. The van der Waals surface area contributed by atoms with Crippen molar-refractivity contribution in [3.05, 3.63) is 84.2 Å². The monoisotopic (exact) mass is 457 g/mol. The van der Waals surface area contributed by atoms with Gasteiger partial charge >= 0.3 is 0 Å². The first-order chi connectivity index (χ1) is 15.3. The van der Waals surface area contributed by atoms with E-state index in [0.717, 1.165) is 6.07 Å². The minimum atomic E-state index is -4.24. The van der Waals surface area contributed by atoms with Gasteiger partial charge in [-0.05, 0) is 36.4 Å². The highest BCUT2D eigenvalue weighted by Gasteiger charge is 2.28. The third-order valence-corrected chi connectivity index (χ3v) is 6.16. The molecule has 0 unspecified atom stereocenters. The summed E-state index contributed by atoms with van der Waals surface area (Å²) in [4.78, 5) is 12.4. The molecule has 0 saturated carbocycles. The number of carbonyl (C=O) groups is 1. The van der Waals surface area contributed by atoms with E-state index >= 15 is 0 Å². The quantitative estimate of drug-likeness (QED) is 0.399. The van der Waals surface area contributed by atoms with Gasteiger partial charge in [0.2, 0.25) is 0 Å². The van der Waals surface area contributed by atoms with E-state index in [1.807, 2.05) is 0 Å². The summed E-state index contributed by atoms with van der Waals surface area (Å²) in [5, 5.41) is 13.8. The van der Waals surface area contributed by atoms with E-state index < -0.39 is 28.3 Å². The number of aromatic hydroxyl groups is 1. The lowest BCUT2D eigenvalue weighted by atomic mass is 10.2. The van der Waals surface area contributed by atoms with Crippen molar-refractivity contribution in [1.82, 2.24) is 5.43 Å². The number of sulfonamides is 1. The van der Waals surface area contributed by atoms with Gasteiger partial charge in [-0.3, -0.25) is 9.10 Å². The molecule has 1 amide bonds. The first-order valence-corrected chi connectivity index (χ1v) is 10.8. The predicted molar refractivity (Wildman–Crippen MR) is 118 cm³/mol. The average Bonchev–Trinajstić information content (AvgIpc) is 2.80. The van der Waals surface area contributed by atoms with Gasteiger partial charge < -0.3 is 9.84 Å². The van der Waals surface area contributed by atoms with E-state index in [0.29, 0.717) is 4.31 Å². The number of carbonyl (C=O) groups excluding carboxylic acids is 1. The molecule has 0 saturated heterocycles. The fraction of sp³-hybridized carbons (Fsp3) is 0.0909.